The smallest absolute Gasteiger partial charge is 0.274 e. The number of rotatable bonds is 6. The molecule has 6 nitrogen and oxygen atoms in total. The van der Waals surface area contributed by atoms with Gasteiger partial charge in [0.15, 0.2) is 0 Å². The van der Waals surface area contributed by atoms with Gasteiger partial charge in [-0.25, -0.2) is 4.98 Å². The van der Waals surface area contributed by atoms with Crippen molar-refractivity contribution >= 4 is 17.5 Å². The van der Waals surface area contributed by atoms with Crippen molar-refractivity contribution in [1.82, 2.24) is 14.9 Å². The van der Waals surface area contributed by atoms with E-state index in [1.165, 1.54) is 29.1 Å². The van der Waals surface area contributed by atoms with Crippen molar-refractivity contribution in [2.24, 2.45) is 0 Å². The Bertz CT molecular complexity index is 1000. The highest BCUT2D eigenvalue weighted by molar-refractivity contribution is 6.00. The zero-order valence-electron chi connectivity index (χ0n) is 17.7. The lowest BCUT2D eigenvalue weighted by molar-refractivity contribution is -0.120. The number of carbonyl (C=O) groups is 2. The van der Waals surface area contributed by atoms with E-state index >= 15 is 0 Å². The van der Waals surface area contributed by atoms with Crippen LogP contribution in [0.4, 0.5) is 5.69 Å². The van der Waals surface area contributed by atoms with E-state index in [0.29, 0.717) is 11.6 Å². The standard InChI is InChI=1S/C24H26N4O2/c1-16(2)18-9-11-20(12-10-18)27-23(29)22(19-7-5-17(3)6-8-19)28(4)24(30)21-15-25-13-14-26-21/h5-16,22H,1-4H3,(H,27,29)/t22-/m0/s1. The molecule has 1 heterocycles. The number of hydrogen-bond acceptors (Lipinski definition) is 4. The number of aryl methyl sites for hydroxylation is 1. The quantitative estimate of drug-likeness (QED) is 0.665. The summed E-state index contributed by atoms with van der Waals surface area (Å²) in [5.41, 5.74) is 3.85. The predicted molar refractivity (Wildman–Crippen MR) is 117 cm³/mol. The molecule has 0 spiro atoms. The van der Waals surface area contributed by atoms with Crippen LogP contribution in [0.5, 0.6) is 0 Å². The molecule has 0 saturated carbocycles. The van der Waals surface area contributed by atoms with Crippen LogP contribution in [0.1, 0.15) is 53.0 Å². The van der Waals surface area contributed by atoms with Crippen LogP contribution in [-0.4, -0.2) is 33.7 Å². The van der Waals surface area contributed by atoms with E-state index in [4.69, 9.17) is 0 Å². The maximum atomic E-state index is 13.3. The molecule has 30 heavy (non-hydrogen) atoms. The van der Waals surface area contributed by atoms with Crippen LogP contribution in [0.15, 0.2) is 67.1 Å². The molecule has 0 aliphatic rings. The van der Waals surface area contributed by atoms with Gasteiger partial charge in [-0.3, -0.25) is 14.6 Å². The van der Waals surface area contributed by atoms with E-state index in [1.54, 1.807) is 7.05 Å². The van der Waals surface area contributed by atoms with E-state index in [2.05, 4.69) is 29.1 Å². The Morgan fingerprint density at radius 2 is 1.57 bits per heavy atom. The largest absolute Gasteiger partial charge is 0.324 e. The number of carbonyl (C=O) groups excluding carboxylic acids is 2. The molecule has 6 heteroatoms. The van der Waals surface area contributed by atoms with Gasteiger partial charge in [-0.15, -0.1) is 0 Å². The Morgan fingerprint density at radius 1 is 0.933 bits per heavy atom. The highest BCUT2D eigenvalue weighted by Crippen LogP contribution is 2.24. The predicted octanol–water partition coefficient (Wildman–Crippen LogP) is 4.36. The van der Waals surface area contributed by atoms with Crippen LogP contribution >= 0.6 is 0 Å². The first kappa shape index (κ1) is 21.2. The number of anilines is 1. The van der Waals surface area contributed by atoms with Gasteiger partial charge >= 0.3 is 0 Å². The van der Waals surface area contributed by atoms with Crippen LogP contribution in [0.2, 0.25) is 0 Å². The van der Waals surface area contributed by atoms with Gasteiger partial charge in [0.05, 0.1) is 6.20 Å². The van der Waals surface area contributed by atoms with Crippen LogP contribution < -0.4 is 5.32 Å². The van der Waals surface area contributed by atoms with Gasteiger partial charge in [-0.2, -0.15) is 0 Å². The van der Waals surface area contributed by atoms with E-state index in [-0.39, 0.29) is 17.5 Å². The molecule has 0 aliphatic carbocycles. The van der Waals surface area contributed by atoms with Gasteiger partial charge in [0.1, 0.15) is 11.7 Å². The Balaban J connectivity index is 1.89. The van der Waals surface area contributed by atoms with Gasteiger partial charge in [-0.05, 0) is 36.1 Å². The minimum absolute atomic E-state index is 0.186. The fraction of sp³-hybridized carbons (Fsp3) is 0.250. The molecule has 1 aromatic heterocycles. The van der Waals surface area contributed by atoms with Gasteiger partial charge in [-0.1, -0.05) is 55.8 Å². The number of nitrogens with zero attached hydrogens (tertiary/aromatic N) is 3. The molecule has 0 saturated heterocycles. The molecular weight excluding hydrogens is 376 g/mol. The summed E-state index contributed by atoms with van der Waals surface area (Å²) in [6.45, 7) is 6.21. The number of aromatic nitrogens is 2. The van der Waals surface area contributed by atoms with Gasteiger partial charge < -0.3 is 10.2 Å². The summed E-state index contributed by atoms with van der Waals surface area (Å²) in [5, 5.41) is 2.94. The third-order valence-corrected chi connectivity index (χ3v) is 4.98. The molecule has 3 rings (SSSR count). The van der Waals surface area contributed by atoms with Gasteiger partial charge in [0, 0.05) is 25.1 Å². The second-order valence-electron chi connectivity index (χ2n) is 7.59. The van der Waals surface area contributed by atoms with Crippen molar-refractivity contribution in [1.29, 1.82) is 0 Å². The average Bonchev–Trinajstić information content (AvgIpc) is 2.75. The summed E-state index contributed by atoms with van der Waals surface area (Å²) >= 11 is 0. The number of benzene rings is 2. The van der Waals surface area contributed by atoms with Crippen LogP contribution in [0, 0.1) is 6.92 Å². The SMILES string of the molecule is Cc1ccc([C@@H](C(=O)Nc2ccc(C(C)C)cc2)N(C)C(=O)c2cnccn2)cc1. The van der Waals surface area contributed by atoms with Crippen molar-refractivity contribution in [3.05, 3.63) is 89.5 Å². The number of nitrogens with one attached hydrogen (secondary N) is 1. The van der Waals surface area contributed by atoms with Crippen molar-refractivity contribution in [3.63, 3.8) is 0 Å². The van der Waals surface area contributed by atoms with Crippen molar-refractivity contribution < 1.29 is 9.59 Å². The topological polar surface area (TPSA) is 75.2 Å². The monoisotopic (exact) mass is 402 g/mol. The lowest BCUT2D eigenvalue weighted by atomic mass is 10.0. The van der Waals surface area contributed by atoms with E-state index in [9.17, 15) is 9.59 Å². The lowest BCUT2D eigenvalue weighted by Crippen LogP contribution is -2.39. The number of likely N-dealkylation sites (N-methyl/N-ethyl adjacent to an activating group) is 1. The van der Waals surface area contributed by atoms with Crippen LogP contribution in [-0.2, 0) is 4.79 Å². The lowest BCUT2D eigenvalue weighted by Gasteiger charge is -2.27. The van der Waals surface area contributed by atoms with Crippen LogP contribution in [0.25, 0.3) is 0 Å². The second kappa shape index (κ2) is 9.31. The summed E-state index contributed by atoms with van der Waals surface area (Å²) in [4.78, 5) is 35.6. The maximum absolute atomic E-state index is 13.3. The van der Waals surface area contributed by atoms with Crippen molar-refractivity contribution in [3.8, 4) is 0 Å². The summed E-state index contributed by atoms with van der Waals surface area (Å²) in [7, 11) is 1.60. The molecule has 0 bridgehead atoms. The molecule has 3 aromatic rings. The van der Waals surface area contributed by atoms with E-state index < -0.39 is 6.04 Å². The molecule has 2 aromatic carbocycles. The fourth-order valence-corrected chi connectivity index (χ4v) is 3.17. The molecule has 0 radical (unpaired) electrons. The van der Waals surface area contributed by atoms with Gasteiger partial charge in [0.25, 0.3) is 11.8 Å². The number of hydrogen-bond donors (Lipinski definition) is 1. The summed E-state index contributed by atoms with van der Waals surface area (Å²) < 4.78 is 0. The molecule has 1 N–H and O–H groups in total. The van der Waals surface area contributed by atoms with E-state index in [0.717, 1.165) is 11.1 Å². The minimum atomic E-state index is -0.815. The summed E-state index contributed by atoms with van der Waals surface area (Å²) in [6, 6.07) is 14.5. The first-order chi connectivity index (χ1) is 14.4. The third-order valence-electron chi connectivity index (χ3n) is 4.98. The fourth-order valence-electron chi connectivity index (χ4n) is 3.17. The first-order valence-corrected chi connectivity index (χ1v) is 9.87. The maximum Gasteiger partial charge on any atom is 0.274 e. The molecule has 154 valence electrons. The Kier molecular flexibility index (Phi) is 6.57. The molecule has 2 amide bonds. The summed E-state index contributed by atoms with van der Waals surface area (Å²) in [5.74, 6) is -0.263. The Labute approximate surface area is 177 Å². The number of amides is 2. The molecule has 0 fully saturated rings. The summed E-state index contributed by atoms with van der Waals surface area (Å²) in [6.07, 6.45) is 4.35. The Hall–Kier alpha value is -3.54. The van der Waals surface area contributed by atoms with Gasteiger partial charge in [0.2, 0.25) is 0 Å². The Morgan fingerprint density at radius 3 is 2.13 bits per heavy atom. The molecule has 1 atom stereocenters. The highest BCUT2D eigenvalue weighted by atomic mass is 16.2. The second-order valence-corrected chi connectivity index (χ2v) is 7.59. The third kappa shape index (κ3) is 4.89. The van der Waals surface area contributed by atoms with Crippen molar-refractivity contribution in [2.45, 2.75) is 32.7 Å². The van der Waals surface area contributed by atoms with E-state index in [1.807, 2.05) is 55.5 Å². The highest BCUT2D eigenvalue weighted by Gasteiger charge is 2.30. The van der Waals surface area contributed by atoms with Crippen LogP contribution in [0.3, 0.4) is 0 Å². The normalized spacial score (nSPS) is 11.8. The minimum Gasteiger partial charge on any atom is -0.324 e. The first-order valence-electron chi connectivity index (χ1n) is 9.87. The zero-order valence-corrected chi connectivity index (χ0v) is 17.7. The average molecular weight is 402 g/mol. The molecule has 0 aliphatic heterocycles. The zero-order chi connectivity index (χ0) is 21.7. The van der Waals surface area contributed by atoms with Crippen molar-refractivity contribution in [2.75, 3.05) is 12.4 Å². The molecular formula is C24H26N4O2. The molecule has 0 unspecified atom stereocenters.